The van der Waals surface area contributed by atoms with E-state index in [1.54, 1.807) is 0 Å². The van der Waals surface area contributed by atoms with Crippen LogP contribution in [0.1, 0.15) is 34.3 Å². The molecule has 1 aliphatic carbocycles. The number of carbonyl (C=O) groups is 3. The maximum atomic E-state index is 13.5. The number of Topliss-reactive ketones (excluding diaryl/α,β-unsaturated/α-hetero) is 1. The number of rotatable bonds is 4. The Morgan fingerprint density at radius 1 is 1.25 bits per heavy atom. The molecule has 6 heteroatoms. The van der Waals surface area contributed by atoms with Gasteiger partial charge in [0.05, 0.1) is 6.42 Å². The lowest BCUT2D eigenvalue weighted by Crippen LogP contribution is -2.29. The third-order valence-corrected chi connectivity index (χ3v) is 3.46. The highest BCUT2D eigenvalue weighted by atomic mass is 19.1. The fourth-order valence-corrected chi connectivity index (χ4v) is 2.67. The van der Waals surface area contributed by atoms with Crippen LogP contribution in [0.3, 0.4) is 0 Å². The SMILES string of the molecule is NC(=O)Cc1cc(F)cc2c1C(=O)C(CC(N)=O)CC2. The lowest BCUT2D eigenvalue weighted by molar-refractivity contribution is -0.119. The summed E-state index contributed by atoms with van der Waals surface area (Å²) in [5.41, 5.74) is 11.4. The summed E-state index contributed by atoms with van der Waals surface area (Å²) >= 11 is 0. The van der Waals surface area contributed by atoms with Crippen molar-refractivity contribution in [1.29, 1.82) is 0 Å². The lowest BCUT2D eigenvalue weighted by atomic mass is 9.78. The molecule has 2 amide bonds. The van der Waals surface area contributed by atoms with Crippen molar-refractivity contribution >= 4 is 17.6 Å². The van der Waals surface area contributed by atoms with Crippen LogP contribution in [0.2, 0.25) is 0 Å². The van der Waals surface area contributed by atoms with Crippen molar-refractivity contribution < 1.29 is 18.8 Å². The quantitative estimate of drug-likeness (QED) is 0.836. The summed E-state index contributed by atoms with van der Waals surface area (Å²) in [6, 6.07) is 2.44. The van der Waals surface area contributed by atoms with E-state index in [0.29, 0.717) is 24.0 Å². The van der Waals surface area contributed by atoms with Gasteiger partial charge in [-0.15, -0.1) is 0 Å². The second kappa shape index (κ2) is 5.40. The number of ketones is 1. The molecule has 0 fully saturated rings. The van der Waals surface area contributed by atoms with Crippen LogP contribution in [-0.2, 0) is 22.4 Å². The Kier molecular flexibility index (Phi) is 3.83. The van der Waals surface area contributed by atoms with E-state index in [1.165, 1.54) is 6.07 Å². The van der Waals surface area contributed by atoms with Gasteiger partial charge in [-0.2, -0.15) is 0 Å². The first kappa shape index (κ1) is 14.2. The van der Waals surface area contributed by atoms with Gasteiger partial charge < -0.3 is 11.5 Å². The standard InChI is InChI=1S/C14H15FN2O3/c15-10-3-7-1-2-8(5-11(16)18)14(20)13(7)9(4-10)6-12(17)19/h3-4,8H,1-2,5-6H2,(H2,16,18)(H2,17,19). The summed E-state index contributed by atoms with van der Waals surface area (Å²) in [4.78, 5) is 34.4. The Morgan fingerprint density at radius 2 is 1.95 bits per heavy atom. The van der Waals surface area contributed by atoms with E-state index < -0.39 is 23.5 Å². The molecule has 4 N–H and O–H groups in total. The molecule has 1 atom stereocenters. The van der Waals surface area contributed by atoms with E-state index in [4.69, 9.17) is 11.5 Å². The maximum Gasteiger partial charge on any atom is 0.221 e. The van der Waals surface area contributed by atoms with E-state index in [1.807, 2.05) is 0 Å². The minimum atomic E-state index is -0.636. The summed E-state index contributed by atoms with van der Waals surface area (Å²) in [6.07, 6.45) is 0.692. The van der Waals surface area contributed by atoms with Crippen molar-refractivity contribution in [3.8, 4) is 0 Å². The van der Waals surface area contributed by atoms with Gasteiger partial charge in [0.1, 0.15) is 5.82 Å². The van der Waals surface area contributed by atoms with Gasteiger partial charge in [0.2, 0.25) is 11.8 Å². The number of amides is 2. The van der Waals surface area contributed by atoms with Gasteiger partial charge in [-0.1, -0.05) is 0 Å². The van der Waals surface area contributed by atoms with Crippen LogP contribution in [0.4, 0.5) is 4.39 Å². The Hall–Kier alpha value is -2.24. The van der Waals surface area contributed by atoms with Crippen molar-refractivity contribution in [3.63, 3.8) is 0 Å². The molecule has 5 nitrogen and oxygen atoms in total. The fraction of sp³-hybridized carbons (Fsp3) is 0.357. The number of benzene rings is 1. The zero-order chi connectivity index (χ0) is 14.9. The molecule has 106 valence electrons. The highest BCUT2D eigenvalue weighted by molar-refractivity contribution is 6.03. The molecule has 0 aromatic heterocycles. The average Bonchev–Trinajstić information content (AvgIpc) is 2.31. The number of halogens is 1. The molecule has 1 aromatic rings. The molecule has 1 aliphatic rings. The Morgan fingerprint density at radius 3 is 2.55 bits per heavy atom. The van der Waals surface area contributed by atoms with Crippen LogP contribution in [0, 0.1) is 11.7 Å². The topological polar surface area (TPSA) is 103 Å². The van der Waals surface area contributed by atoms with Crippen molar-refractivity contribution in [2.24, 2.45) is 17.4 Å². The summed E-state index contributed by atoms with van der Waals surface area (Å²) in [5.74, 6) is -2.45. The maximum absolute atomic E-state index is 13.5. The van der Waals surface area contributed by atoms with Crippen molar-refractivity contribution in [2.75, 3.05) is 0 Å². The van der Waals surface area contributed by atoms with Gasteiger partial charge in [-0.3, -0.25) is 14.4 Å². The largest absolute Gasteiger partial charge is 0.370 e. The Labute approximate surface area is 115 Å². The average molecular weight is 278 g/mol. The molecular weight excluding hydrogens is 263 g/mol. The minimum Gasteiger partial charge on any atom is -0.370 e. The van der Waals surface area contributed by atoms with Gasteiger partial charge in [-0.25, -0.2) is 4.39 Å². The van der Waals surface area contributed by atoms with Crippen LogP contribution in [0.25, 0.3) is 0 Å². The Balaban J connectivity index is 2.44. The van der Waals surface area contributed by atoms with E-state index in [2.05, 4.69) is 0 Å². The number of hydrogen-bond acceptors (Lipinski definition) is 3. The molecule has 0 bridgehead atoms. The van der Waals surface area contributed by atoms with Crippen molar-refractivity contribution in [3.05, 3.63) is 34.6 Å². The first-order valence-electron chi connectivity index (χ1n) is 6.30. The molecule has 20 heavy (non-hydrogen) atoms. The van der Waals surface area contributed by atoms with Crippen LogP contribution in [0.5, 0.6) is 0 Å². The van der Waals surface area contributed by atoms with Gasteiger partial charge in [0, 0.05) is 17.9 Å². The number of primary amides is 2. The van der Waals surface area contributed by atoms with E-state index in [9.17, 15) is 18.8 Å². The zero-order valence-corrected chi connectivity index (χ0v) is 10.8. The summed E-state index contributed by atoms with van der Waals surface area (Å²) in [6.45, 7) is 0. The third-order valence-electron chi connectivity index (χ3n) is 3.46. The van der Waals surface area contributed by atoms with Gasteiger partial charge >= 0.3 is 0 Å². The zero-order valence-electron chi connectivity index (χ0n) is 10.8. The smallest absolute Gasteiger partial charge is 0.221 e. The molecule has 0 saturated heterocycles. The highest BCUT2D eigenvalue weighted by Gasteiger charge is 2.31. The number of aryl methyl sites for hydroxylation is 1. The second-order valence-electron chi connectivity index (χ2n) is 5.01. The number of hydrogen-bond donors (Lipinski definition) is 2. The Bertz CT molecular complexity index is 598. The first-order chi connectivity index (χ1) is 9.38. The molecule has 1 unspecified atom stereocenters. The monoisotopic (exact) mass is 278 g/mol. The molecule has 0 saturated carbocycles. The molecule has 0 radical (unpaired) electrons. The molecular formula is C14H15FN2O3. The molecule has 0 spiro atoms. The highest BCUT2D eigenvalue weighted by Crippen LogP contribution is 2.31. The van der Waals surface area contributed by atoms with Gasteiger partial charge in [0.25, 0.3) is 0 Å². The van der Waals surface area contributed by atoms with Gasteiger partial charge in [0.15, 0.2) is 5.78 Å². The van der Waals surface area contributed by atoms with E-state index in [-0.39, 0.29) is 24.2 Å². The van der Waals surface area contributed by atoms with E-state index >= 15 is 0 Å². The lowest BCUT2D eigenvalue weighted by Gasteiger charge is -2.24. The third kappa shape index (κ3) is 2.84. The van der Waals surface area contributed by atoms with Crippen LogP contribution >= 0.6 is 0 Å². The second-order valence-corrected chi connectivity index (χ2v) is 5.01. The van der Waals surface area contributed by atoms with E-state index in [0.717, 1.165) is 6.07 Å². The predicted molar refractivity (Wildman–Crippen MR) is 69.3 cm³/mol. The minimum absolute atomic E-state index is 0.0361. The molecule has 1 aromatic carbocycles. The predicted octanol–water partition coefficient (Wildman–Crippen LogP) is 0.474. The number of fused-ring (bicyclic) bond motifs is 1. The fourth-order valence-electron chi connectivity index (χ4n) is 2.67. The van der Waals surface area contributed by atoms with Crippen molar-refractivity contribution in [1.82, 2.24) is 0 Å². The molecule has 2 rings (SSSR count). The summed E-state index contributed by atoms with van der Waals surface area (Å²) in [7, 11) is 0. The first-order valence-corrected chi connectivity index (χ1v) is 6.30. The molecule has 0 aliphatic heterocycles. The van der Waals surface area contributed by atoms with Crippen LogP contribution in [-0.4, -0.2) is 17.6 Å². The number of carbonyl (C=O) groups excluding carboxylic acids is 3. The van der Waals surface area contributed by atoms with Crippen LogP contribution < -0.4 is 11.5 Å². The summed E-state index contributed by atoms with van der Waals surface area (Å²) in [5, 5.41) is 0. The molecule has 0 heterocycles. The number of nitrogens with two attached hydrogens (primary N) is 2. The van der Waals surface area contributed by atoms with Gasteiger partial charge in [-0.05, 0) is 36.1 Å². The summed E-state index contributed by atoms with van der Waals surface area (Å²) < 4.78 is 13.5. The normalized spacial score (nSPS) is 17.6. The van der Waals surface area contributed by atoms with Crippen LogP contribution in [0.15, 0.2) is 12.1 Å². The van der Waals surface area contributed by atoms with Crippen molar-refractivity contribution in [2.45, 2.75) is 25.7 Å².